The molecule has 1 amide bonds. The zero-order valence-electron chi connectivity index (χ0n) is 14.7. The molecule has 1 aliphatic rings. The van der Waals surface area contributed by atoms with Gasteiger partial charge in [0.1, 0.15) is 11.6 Å². The van der Waals surface area contributed by atoms with Crippen molar-refractivity contribution in [2.45, 2.75) is 18.7 Å². The van der Waals surface area contributed by atoms with E-state index in [4.69, 9.17) is 4.52 Å². The van der Waals surface area contributed by atoms with Crippen molar-refractivity contribution < 1.29 is 31.6 Å². The summed E-state index contributed by atoms with van der Waals surface area (Å²) < 4.78 is 58.8. The zero-order valence-corrected chi connectivity index (χ0v) is 14.7. The van der Waals surface area contributed by atoms with Crippen LogP contribution in [-0.2, 0) is 4.79 Å². The first kappa shape index (κ1) is 18.9. The largest absolute Gasteiger partial charge is 0.573 e. The topological polar surface area (TPSA) is 68.5 Å². The van der Waals surface area contributed by atoms with E-state index in [0.717, 1.165) is 12.1 Å². The number of amides is 1. The van der Waals surface area contributed by atoms with Gasteiger partial charge in [-0.3, -0.25) is 4.79 Å². The van der Waals surface area contributed by atoms with Crippen molar-refractivity contribution >= 4 is 11.6 Å². The molecular formula is C19H13F4N3O3. The number of aromatic nitrogens is 2. The summed E-state index contributed by atoms with van der Waals surface area (Å²) in [6.45, 7) is 0.307. The minimum absolute atomic E-state index is 0.117. The number of nitrogens with zero attached hydrogens (tertiary/aromatic N) is 3. The van der Waals surface area contributed by atoms with Crippen molar-refractivity contribution in [3.05, 3.63) is 60.2 Å². The fourth-order valence-electron chi connectivity index (χ4n) is 3.07. The SMILES string of the molecule is O=C1CC(c2noc(-c3ccc(OC(F)(F)F)cc3)n2)CN1c1ccc(F)cc1. The summed E-state index contributed by atoms with van der Waals surface area (Å²) in [5.74, 6) is -0.803. The average Bonchev–Trinajstić information content (AvgIpc) is 3.29. The Bertz CT molecular complexity index is 1020. The van der Waals surface area contributed by atoms with Crippen molar-refractivity contribution in [2.24, 2.45) is 0 Å². The Labute approximate surface area is 161 Å². The van der Waals surface area contributed by atoms with Gasteiger partial charge >= 0.3 is 6.36 Å². The molecule has 29 heavy (non-hydrogen) atoms. The number of carbonyl (C=O) groups is 1. The smallest absolute Gasteiger partial charge is 0.406 e. The van der Waals surface area contributed by atoms with Gasteiger partial charge in [-0.05, 0) is 48.5 Å². The molecule has 4 rings (SSSR count). The van der Waals surface area contributed by atoms with E-state index >= 15 is 0 Å². The third-order valence-corrected chi connectivity index (χ3v) is 4.41. The molecule has 2 heterocycles. The minimum atomic E-state index is -4.77. The second kappa shape index (κ2) is 7.19. The van der Waals surface area contributed by atoms with E-state index < -0.39 is 12.2 Å². The quantitative estimate of drug-likeness (QED) is 0.604. The molecule has 3 aromatic rings. The van der Waals surface area contributed by atoms with Gasteiger partial charge in [-0.15, -0.1) is 13.2 Å². The van der Waals surface area contributed by atoms with Crippen LogP contribution in [-0.4, -0.2) is 29.0 Å². The first-order valence-corrected chi connectivity index (χ1v) is 8.54. The van der Waals surface area contributed by atoms with Crippen LogP contribution in [0.4, 0.5) is 23.2 Å². The van der Waals surface area contributed by atoms with Crippen molar-refractivity contribution in [3.8, 4) is 17.2 Å². The average molecular weight is 407 g/mol. The summed E-state index contributed by atoms with van der Waals surface area (Å²) in [5.41, 5.74) is 0.987. The Morgan fingerprint density at radius 2 is 1.76 bits per heavy atom. The van der Waals surface area contributed by atoms with Gasteiger partial charge in [-0.2, -0.15) is 4.98 Å². The lowest BCUT2D eigenvalue weighted by atomic mass is 10.1. The molecule has 2 aromatic carbocycles. The highest BCUT2D eigenvalue weighted by Gasteiger charge is 2.35. The van der Waals surface area contributed by atoms with Crippen LogP contribution in [0.5, 0.6) is 5.75 Å². The number of anilines is 1. The number of hydrogen-bond donors (Lipinski definition) is 0. The van der Waals surface area contributed by atoms with Crippen LogP contribution < -0.4 is 9.64 Å². The lowest BCUT2D eigenvalue weighted by molar-refractivity contribution is -0.274. The zero-order chi connectivity index (χ0) is 20.6. The van der Waals surface area contributed by atoms with E-state index in [2.05, 4.69) is 14.9 Å². The third kappa shape index (κ3) is 4.20. The predicted molar refractivity (Wildman–Crippen MR) is 92.5 cm³/mol. The molecule has 150 valence electrons. The molecule has 1 unspecified atom stereocenters. The highest BCUT2D eigenvalue weighted by atomic mass is 19.4. The van der Waals surface area contributed by atoms with Crippen molar-refractivity contribution in [2.75, 3.05) is 11.4 Å². The molecule has 10 heteroatoms. The fourth-order valence-corrected chi connectivity index (χ4v) is 3.07. The molecule has 1 aromatic heterocycles. The maximum absolute atomic E-state index is 13.1. The number of halogens is 4. The van der Waals surface area contributed by atoms with Gasteiger partial charge in [0.2, 0.25) is 5.91 Å². The molecule has 0 radical (unpaired) electrons. The number of benzene rings is 2. The maximum atomic E-state index is 13.1. The Hall–Kier alpha value is -3.43. The number of alkyl halides is 3. The van der Waals surface area contributed by atoms with E-state index in [-0.39, 0.29) is 29.9 Å². The summed E-state index contributed by atoms with van der Waals surface area (Å²) in [5, 5.41) is 3.90. The number of rotatable bonds is 4. The van der Waals surface area contributed by atoms with Crippen molar-refractivity contribution in [1.82, 2.24) is 10.1 Å². The van der Waals surface area contributed by atoms with Crippen LogP contribution in [0, 0.1) is 5.82 Å². The monoisotopic (exact) mass is 407 g/mol. The molecule has 1 fully saturated rings. The predicted octanol–water partition coefficient (Wildman–Crippen LogP) is 4.29. The second-order valence-electron chi connectivity index (χ2n) is 6.41. The molecule has 1 saturated heterocycles. The summed E-state index contributed by atoms with van der Waals surface area (Å²) in [4.78, 5) is 18.1. The Morgan fingerprint density at radius 1 is 1.07 bits per heavy atom. The summed E-state index contributed by atoms with van der Waals surface area (Å²) >= 11 is 0. The molecule has 0 saturated carbocycles. The Balaban J connectivity index is 1.48. The Morgan fingerprint density at radius 3 is 2.41 bits per heavy atom. The molecule has 1 atom stereocenters. The van der Waals surface area contributed by atoms with Crippen LogP contribution in [0.3, 0.4) is 0 Å². The van der Waals surface area contributed by atoms with Gasteiger partial charge in [0, 0.05) is 30.1 Å². The second-order valence-corrected chi connectivity index (χ2v) is 6.41. The number of hydrogen-bond acceptors (Lipinski definition) is 5. The molecule has 0 aliphatic carbocycles. The molecule has 0 bridgehead atoms. The van der Waals surface area contributed by atoms with E-state index in [0.29, 0.717) is 23.6 Å². The molecule has 0 spiro atoms. The summed E-state index contributed by atoms with van der Waals surface area (Å²) in [6.07, 6.45) is -4.61. The first-order valence-electron chi connectivity index (χ1n) is 8.54. The highest BCUT2D eigenvalue weighted by molar-refractivity contribution is 5.96. The van der Waals surface area contributed by atoms with Gasteiger partial charge in [0.15, 0.2) is 5.82 Å². The van der Waals surface area contributed by atoms with Crippen LogP contribution in [0.25, 0.3) is 11.5 Å². The van der Waals surface area contributed by atoms with Crippen LogP contribution in [0.15, 0.2) is 53.1 Å². The molecular weight excluding hydrogens is 394 g/mol. The van der Waals surface area contributed by atoms with Gasteiger partial charge in [0.05, 0.1) is 0 Å². The normalized spacial score (nSPS) is 17.0. The number of carbonyl (C=O) groups excluding carboxylic acids is 1. The standard InChI is InChI=1S/C19H13F4N3O3/c20-13-3-5-14(6-4-13)26-10-12(9-16(26)27)17-24-18(29-25-17)11-1-7-15(8-2-11)28-19(21,22)23/h1-8,12H,9-10H2. The van der Waals surface area contributed by atoms with E-state index in [9.17, 15) is 22.4 Å². The first-order chi connectivity index (χ1) is 13.8. The van der Waals surface area contributed by atoms with Gasteiger partial charge in [-0.25, -0.2) is 4.39 Å². The lowest BCUT2D eigenvalue weighted by Gasteiger charge is -2.15. The van der Waals surface area contributed by atoms with Gasteiger partial charge in [0.25, 0.3) is 5.89 Å². The number of ether oxygens (including phenoxy) is 1. The van der Waals surface area contributed by atoms with Crippen molar-refractivity contribution in [3.63, 3.8) is 0 Å². The minimum Gasteiger partial charge on any atom is -0.406 e. The van der Waals surface area contributed by atoms with Gasteiger partial charge in [-0.1, -0.05) is 5.16 Å². The highest BCUT2D eigenvalue weighted by Crippen LogP contribution is 2.32. The van der Waals surface area contributed by atoms with Crippen LogP contribution >= 0.6 is 0 Å². The lowest BCUT2D eigenvalue weighted by Crippen LogP contribution is -2.24. The maximum Gasteiger partial charge on any atom is 0.573 e. The molecule has 6 nitrogen and oxygen atoms in total. The summed E-state index contributed by atoms with van der Waals surface area (Å²) in [6, 6.07) is 10.6. The van der Waals surface area contributed by atoms with Gasteiger partial charge < -0.3 is 14.2 Å². The van der Waals surface area contributed by atoms with E-state index in [1.807, 2.05) is 0 Å². The van der Waals surface area contributed by atoms with E-state index in [1.165, 1.54) is 41.3 Å². The van der Waals surface area contributed by atoms with Crippen LogP contribution in [0.2, 0.25) is 0 Å². The van der Waals surface area contributed by atoms with Crippen LogP contribution in [0.1, 0.15) is 18.2 Å². The Kier molecular flexibility index (Phi) is 4.69. The third-order valence-electron chi connectivity index (χ3n) is 4.41. The van der Waals surface area contributed by atoms with Crippen molar-refractivity contribution in [1.29, 1.82) is 0 Å². The van der Waals surface area contributed by atoms with E-state index in [1.54, 1.807) is 0 Å². The molecule has 0 N–H and O–H groups in total. The molecule has 1 aliphatic heterocycles. The fraction of sp³-hybridized carbons (Fsp3) is 0.211. The summed E-state index contributed by atoms with van der Waals surface area (Å²) in [7, 11) is 0.